The predicted molar refractivity (Wildman–Crippen MR) is 143 cm³/mol. The Morgan fingerprint density at radius 3 is 2.66 bits per heavy atom. The van der Waals surface area contributed by atoms with Gasteiger partial charge in [0.15, 0.2) is 10.7 Å². The second kappa shape index (κ2) is 9.36. The maximum atomic E-state index is 13.1. The van der Waals surface area contributed by atoms with Crippen LogP contribution < -0.4 is 15.4 Å². The number of aromatic nitrogens is 1. The summed E-state index contributed by atoms with van der Waals surface area (Å²) < 4.78 is 11.9. The highest BCUT2D eigenvalue weighted by Crippen LogP contribution is 2.37. The van der Waals surface area contributed by atoms with Crippen molar-refractivity contribution < 1.29 is 19.1 Å². The van der Waals surface area contributed by atoms with Crippen molar-refractivity contribution in [2.24, 2.45) is 0 Å². The van der Waals surface area contributed by atoms with E-state index >= 15 is 0 Å². The molecule has 0 aliphatic rings. The van der Waals surface area contributed by atoms with Crippen molar-refractivity contribution in [1.29, 1.82) is 0 Å². The first-order valence-corrected chi connectivity index (χ1v) is 11.7. The van der Waals surface area contributed by atoms with Crippen molar-refractivity contribution in [1.82, 2.24) is 10.3 Å². The van der Waals surface area contributed by atoms with E-state index in [0.717, 1.165) is 10.8 Å². The minimum Gasteiger partial charge on any atom is -0.507 e. The molecular weight excluding hydrogens is 530 g/mol. The number of thiocarbonyl (C=S) groups is 1. The molecule has 7 nitrogen and oxygen atoms in total. The van der Waals surface area contributed by atoms with Crippen LogP contribution in [0.25, 0.3) is 33.3 Å². The average molecular weight is 548 g/mol. The monoisotopic (exact) mass is 547 g/mol. The number of fused-ring (bicyclic) bond motifs is 2. The van der Waals surface area contributed by atoms with Gasteiger partial charge in [-0.15, -0.1) is 0 Å². The molecule has 1 aromatic heterocycles. The van der Waals surface area contributed by atoms with Gasteiger partial charge in [-0.2, -0.15) is 0 Å². The van der Waals surface area contributed by atoms with Crippen LogP contribution >= 0.6 is 28.1 Å². The zero-order valence-electron chi connectivity index (χ0n) is 18.3. The van der Waals surface area contributed by atoms with Crippen molar-refractivity contribution in [2.45, 2.75) is 0 Å². The molecule has 0 bridgehead atoms. The fourth-order valence-corrected chi connectivity index (χ4v) is 4.70. The van der Waals surface area contributed by atoms with Crippen LogP contribution in [0.4, 0.5) is 5.69 Å². The minimum absolute atomic E-state index is 0.00260. The maximum Gasteiger partial charge on any atom is 0.261 e. The largest absolute Gasteiger partial charge is 0.507 e. The zero-order chi connectivity index (χ0) is 24.5. The number of oxazole rings is 1. The molecule has 174 valence electrons. The lowest BCUT2D eigenvalue weighted by Crippen LogP contribution is -2.34. The molecule has 3 N–H and O–H groups in total. The van der Waals surface area contributed by atoms with E-state index in [2.05, 4.69) is 31.5 Å². The highest BCUT2D eigenvalue weighted by atomic mass is 79.9. The van der Waals surface area contributed by atoms with E-state index in [4.69, 9.17) is 21.4 Å². The van der Waals surface area contributed by atoms with Gasteiger partial charge in [-0.3, -0.25) is 10.1 Å². The van der Waals surface area contributed by atoms with Gasteiger partial charge in [-0.05, 0) is 75.3 Å². The molecule has 0 aliphatic carbocycles. The summed E-state index contributed by atoms with van der Waals surface area (Å²) in [6.07, 6.45) is 0. The first kappa shape index (κ1) is 22.8. The summed E-state index contributed by atoms with van der Waals surface area (Å²) in [5.74, 6) is 0.256. The molecule has 0 saturated carbocycles. The molecule has 5 aromatic rings. The van der Waals surface area contributed by atoms with Crippen LogP contribution in [0, 0.1) is 0 Å². The summed E-state index contributed by atoms with van der Waals surface area (Å²) in [5.41, 5.74) is 2.55. The molecule has 0 radical (unpaired) electrons. The lowest BCUT2D eigenvalue weighted by molar-refractivity contribution is 0.0975. The standard InChI is InChI=1S/C26H18BrN3O4S/c1-33-23-18(12-14-6-2-3-7-16(14)22(23)27)24(32)30-26(35)28-15-10-11-20(31)17(13-15)25-29-19-8-4-5-9-21(19)34-25/h2-13,31H,1H3,(H2,28,30,32,35). The minimum atomic E-state index is -0.427. The van der Waals surface area contributed by atoms with E-state index in [1.807, 2.05) is 42.5 Å². The van der Waals surface area contributed by atoms with Gasteiger partial charge in [-0.1, -0.05) is 36.4 Å². The average Bonchev–Trinajstić information content (AvgIpc) is 3.29. The number of phenolic OH excluding ortho intramolecular Hbond substituents is 1. The molecule has 0 spiro atoms. The number of nitrogens with zero attached hydrogens (tertiary/aromatic N) is 1. The number of para-hydroxylation sites is 2. The Morgan fingerprint density at radius 2 is 1.86 bits per heavy atom. The third-order valence-corrected chi connectivity index (χ3v) is 6.39. The number of amides is 1. The summed E-state index contributed by atoms with van der Waals surface area (Å²) in [6.45, 7) is 0. The lowest BCUT2D eigenvalue weighted by Gasteiger charge is -2.15. The van der Waals surface area contributed by atoms with Gasteiger partial charge < -0.3 is 19.6 Å². The molecule has 1 amide bonds. The molecular formula is C26H18BrN3O4S. The molecule has 35 heavy (non-hydrogen) atoms. The molecule has 0 fully saturated rings. The second-order valence-electron chi connectivity index (χ2n) is 7.62. The Balaban J connectivity index is 1.38. The Labute approximate surface area is 213 Å². The van der Waals surface area contributed by atoms with Gasteiger partial charge in [0.05, 0.1) is 22.7 Å². The number of rotatable bonds is 4. The molecule has 0 unspecified atom stereocenters. The van der Waals surface area contributed by atoms with Crippen LogP contribution in [0.2, 0.25) is 0 Å². The summed E-state index contributed by atoms with van der Waals surface area (Å²) in [6, 6.07) is 21.5. The number of methoxy groups -OCH3 is 1. The summed E-state index contributed by atoms with van der Waals surface area (Å²) in [4.78, 5) is 17.5. The van der Waals surface area contributed by atoms with E-state index < -0.39 is 5.91 Å². The Bertz CT molecular complexity index is 1580. The van der Waals surface area contributed by atoms with E-state index in [0.29, 0.717) is 38.1 Å². The quantitative estimate of drug-likeness (QED) is 0.180. The molecule has 9 heteroatoms. The molecule has 0 saturated heterocycles. The smallest absolute Gasteiger partial charge is 0.261 e. The number of nitrogens with one attached hydrogen (secondary N) is 2. The van der Waals surface area contributed by atoms with Gasteiger partial charge in [-0.25, -0.2) is 4.98 Å². The maximum absolute atomic E-state index is 13.1. The van der Waals surface area contributed by atoms with Crippen LogP contribution in [0.5, 0.6) is 11.5 Å². The van der Waals surface area contributed by atoms with Gasteiger partial charge >= 0.3 is 0 Å². The number of hydrogen-bond acceptors (Lipinski definition) is 6. The molecule has 4 aromatic carbocycles. The molecule has 0 aliphatic heterocycles. The first-order valence-electron chi connectivity index (χ1n) is 10.5. The number of hydrogen-bond donors (Lipinski definition) is 3. The van der Waals surface area contributed by atoms with Crippen LogP contribution in [0.15, 0.2) is 81.7 Å². The molecule has 5 rings (SSSR count). The number of anilines is 1. The van der Waals surface area contributed by atoms with Crippen molar-refractivity contribution in [3.8, 4) is 23.0 Å². The SMILES string of the molecule is COc1c(C(=O)NC(=S)Nc2ccc(O)c(-c3nc4ccccc4o3)c2)cc2ccccc2c1Br. The third kappa shape index (κ3) is 4.43. The van der Waals surface area contributed by atoms with Crippen LogP contribution in [-0.4, -0.2) is 28.2 Å². The fraction of sp³-hybridized carbons (Fsp3) is 0.0385. The highest BCUT2D eigenvalue weighted by molar-refractivity contribution is 9.10. The lowest BCUT2D eigenvalue weighted by atomic mass is 10.1. The van der Waals surface area contributed by atoms with Crippen molar-refractivity contribution >= 4 is 66.7 Å². The van der Waals surface area contributed by atoms with E-state index in [-0.39, 0.29) is 16.8 Å². The summed E-state index contributed by atoms with van der Waals surface area (Å²) >= 11 is 8.91. The number of carbonyl (C=O) groups excluding carboxylic acids is 1. The molecule has 1 heterocycles. The topological polar surface area (TPSA) is 96.6 Å². The van der Waals surface area contributed by atoms with Gasteiger partial charge in [0.25, 0.3) is 5.91 Å². The number of halogens is 1. The number of benzene rings is 4. The second-order valence-corrected chi connectivity index (χ2v) is 8.82. The molecule has 0 atom stereocenters. The Hall–Kier alpha value is -3.95. The zero-order valence-corrected chi connectivity index (χ0v) is 20.7. The third-order valence-electron chi connectivity index (χ3n) is 5.40. The van der Waals surface area contributed by atoms with Crippen LogP contribution in [-0.2, 0) is 0 Å². The summed E-state index contributed by atoms with van der Waals surface area (Å²) in [7, 11) is 1.51. The number of carbonyl (C=O) groups is 1. The fourth-order valence-electron chi connectivity index (χ4n) is 3.76. The number of ether oxygens (including phenoxy) is 1. The van der Waals surface area contributed by atoms with E-state index in [1.54, 1.807) is 24.3 Å². The van der Waals surface area contributed by atoms with Gasteiger partial charge in [0.1, 0.15) is 17.0 Å². The van der Waals surface area contributed by atoms with Gasteiger partial charge in [0.2, 0.25) is 5.89 Å². The number of aromatic hydroxyl groups is 1. The number of phenols is 1. The van der Waals surface area contributed by atoms with Crippen LogP contribution in [0.3, 0.4) is 0 Å². The van der Waals surface area contributed by atoms with Crippen molar-refractivity contribution in [3.63, 3.8) is 0 Å². The first-order chi connectivity index (χ1) is 16.9. The van der Waals surface area contributed by atoms with Crippen molar-refractivity contribution in [2.75, 3.05) is 12.4 Å². The van der Waals surface area contributed by atoms with Crippen molar-refractivity contribution in [3.05, 3.63) is 82.8 Å². The normalized spacial score (nSPS) is 10.9. The van der Waals surface area contributed by atoms with E-state index in [1.165, 1.54) is 13.2 Å². The van der Waals surface area contributed by atoms with E-state index in [9.17, 15) is 9.90 Å². The Morgan fingerprint density at radius 1 is 1.09 bits per heavy atom. The van der Waals surface area contributed by atoms with Gasteiger partial charge in [0, 0.05) is 5.69 Å². The summed E-state index contributed by atoms with van der Waals surface area (Å²) in [5, 5.41) is 17.9. The Kier molecular flexibility index (Phi) is 6.10. The predicted octanol–water partition coefficient (Wildman–Crippen LogP) is 6.25. The van der Waals surface area contributed by atoms with Crippen LogP contribution in [0.1, 0.15) is 10.4 Å². The highest BCUT2D eigenvalue weighted by Gasteiger charge is 2.19.